The molecule has 0 saturated carbocycles. The molecule has 1 heterocycles. The van der Waals surface area contributed by atoms with E-state index in [4.69, 9.17) is 5.11 Å². The normalized spacial score (nSPS) is 12.8. The average molecular weight is 182 g/mol. The Labute approximate surface area is 79.4 Å². The number of aliphatic hydroxyl groups excluding tert-OH is 1. The van der Waals surface area contributed by atoms with Crippen molar-refractivity contribution in [3.05, 3.63) is 18.5 Å². The molecule has 74 valence electrons. The Morgan fingerprint density at radius 2 is 2.38 bits per heavy atom. The molecule has 0 spiro atoms. The highest BCUT2D eigenvalue weighted by Crippen LogP contribution is 2.13. The Morgan fingerprint density at radius 3 is 2.85 bits per heavy atom. The van der Waals surface area contributed by atoms with Gasteiger partial charge in [-0.1, -0.05) is 6.92 Å². The Kier molecular flexibility index (Phi) is 3.83. The maximum Gasteiger partial charge on any atom is 0.0541 e. The third-order valence-corrected chi connectivity index (χ3v) is 2.39. The number of hydrogen-bond acceptors (Lipinski definition) is 2. The predicted molar refractivity (Wildman–Crippen MR) is 54.9 cm³/mol. The van der Waals surface area contributed by atoms with Crippen LogP contribution in [-0.2, 0) is 0 Å². The number of nitrogens with one attached hydrogen (secondary N) is 1. The Balaban J connectivity index is 2.45. The molecule has 3 heteroatoms. The zero-order valence-electron chi connectivity index (χ0n) is 8.33. The van der Waals surface area contributed by atoms with E-state index in [9.17, 15) is 0 Å². The summed E-state index contributed by atoms with van der Waals surface area (Å²) in [5, 5.41) is 9.04. The van der Waals surface area contributed by atoms with Crippen molar-refractivity contribution in [3.63, 3.8) is 0 Å². The number of rotatable bonds is 5. The molecule has 13 heavy (non-hydrogen) atoms. The lowest BCUT2D eigenvalue weighted by Gasteiger charge is -2.22. The van der Waals surface area contributed by atoms with Gasteiger partial charge in [-0.25, -0.2) is 0 Å². The Hall–Kier alpha value is -0.960. The van der Waals surface area contributed by atoms with Gasteiger partial charge in [0.05, 0.1) is 5.69 Å². The number of aliphatic hydroxyl groups is 1. The van der Waals surface area contributed by atoms with E-state index >= 15 is 0 Å². The number of H-pyrrole nitrogens is 1. The minimum absolute atomic E-state index is 0.269. The standard InChI is InChI=1S/C10H18N2O/c1-3-9(8-13)7-12(2)10-4-5-11-6-10/h4-6,9,11,13H,3,7-8H2,1-2H3. The van der Waals surface area contributed by atoms with Crippen LogP contribution in [0.15, 0.2) is 18.5 Å². The van der Waals surface area contributed by atoms with Crippen molar-refractivity contribution >= 4 is 5.69 Å². The number of nitrogens with zero attached hydrogens (tertiary/aromatic N) is 1. The maximum absolute atomic E-state index is 9.04. The molecule has 1 rings (SSSR count). The first-order chi connectivity index (χ1) is 6.27. The Bertz CT molecular complexity index is 217. The van der Waals surface area contributed by atoms with E-state index in [2.05, 4.69) is 16.8 Å². The van der Waals surface area contributed by atoms with Gasteiger partial charge in [0.2, 0.25) is 0 Å². The lowest BCUT2D eigenvalue weighted by Crippen LogP contribution is -2.26. The molecule has 0 bridgehead atoms. The largest absolute Gasteiger partial charge is 0.396 e. The first-order valence-electron chi connectivity index (χ1n) is 4.72. The van der Waals surface area contributed by atoms with Gasteiger partial charge >= 0.3 is 0 Å². The molecule has 0 aromatic carbocycles. The number of hydrogen-bond donors (Lipinski definition) is 2. The summed E-state index contributed by atoms with van der Waals surface area (Å²) in [5.41, 5.74) is 1.17. The lowest BCUT2D eigenvalue weighted by molar-refractivity contribution is 0.225. The minimum atomic E-state index is 0.269. The van der Waals surface area contributed by atoms with Gasteiger partial charge in [-0.05, 0) is 18.4 Å². The van der Waals surface area contributed by atoms with E-state index < -0.39 is 0 Å². The van der Waals surface area contributed by atoms with Gasteiger partial charge in [0.25, 0.3) is 0 Å². The summed E-state index contributed by atoms with van der Waals surface area (Å²) in [4.78, 5) is 5.17. The maximum atomic E-state index is 9.04. The number of aromatic amines is 1. The predicted octanol–water partition coefficient (Wildman–Crippen LogP) is 1.47. The molecule has 1 aromatic heterocycles. The summed E-state index contributed by atoms with van der Waals surface area (Å²) in [6.07, 6.45) is 4.89. The van der Waals surface area contributed by atoms with E-state index in [-0.39, 0.29) is 6.61 Å². The fourth-order valence-corrected chi connectivity index (χ4v) is 1.36. The summed E-state index contributed by atoms with van der Waals surface area (Å²) in [6.45, 7) is 3.28. The fourth-order valence-electron chi connectivity index (χ4n) is 1.36. The van der Waals surface area contributed by atoms with Gasteiger partial charge < -0.3 is 15.0 Å². The summed E-state index contributed by atoms with van der Waals surface area (Å²) < 4.78 is 0. The summed E-state index contributed by atoms with van der Waals surface area (Å²) in [5.74, 6) is 0.375. The summed E-state index contributed by atoms with van der Waals surface area (Å²) in [6, 6.07) is 2.03. The van der Waals surface area contributed by atoms with Crippen molar-refractivity contribution < 1.29 is 5.11 Å². The van der Waals surface area contributed by atoms with E-state index in [1.807, 2.05) is 25.5 Å². The molecule has 2 N–H and O–H groups in total. The number of anilines is 1. The molecular formula is C10H18N2O. The third-order valence-electron chi connectivity index (χ3n) is 2.39. The zero-order valence-corrected chi connectivity index (χ0v) is 8.33. The van der Waals surface area contributed by atoms with Gasteiger partial charge in [0, 0.05) is 32.6 Å². The van der Waals surface area contributed by atoms with Crippen LogP contribution >= 0.6 is 0 Å². The van der Waals surface area contributed by atoms with Gasteiger partial charge in [-0.3, -0.25) is 0 Å². The van der Waals surface area contributed by atoms with Crippen LogP contribution in [0, 0.1) is 5.92 Å². The monoisotopic (exact) mass is 182 g/mol. The van der Waals surface area contributed by atoms with Crippen LogP contribution in [0.5, 0.6) is 0 Å². The molecule has 1 unspecified atom stereocenters. The lowest BCUT2D eigenvalue weighted by atomic mass is 10.1. The van der Waals surface area contributed by atoms with Crippen molar-refractivity contribution in [2.75, 3.05) is 25.1 Å². The zero-order chi connectivity index (χ0) is 9.68. The molecule has 1 atom stereocenters. The Morgan fingerprint density at radius 1 is 1.62 bits per heavy atom. The van der Waals surface area contributed by atoms with Crippen molar-refractivity contribution in [3.8, 4) is 0 Å². The van der Waals surface area contributed by atoms with E-state index in [1.165, 1.54) is 5.69 Å². The van der Waals surface area contributed by atoms with Crippen LogP contribution in [0.25, 0.3) is 0 Å². The fraction of sp³-hybridized carbons (Fsp3) is 0.600. The molecule has 0 saturated heterocycles. The van der Waals surface area contributed by atoms with Crippen molar-refractivity contribution in [2.24, 2.45) is 5.92 Å². The van der Waals surface area contributed by atoms with Crippen LogP contribution in [0.1, 0.15) is 13.3 Å². The first-order valence-corrected chi connectivity index (χ1v) is 4.72. The van der Waals surface area contributed by atoms with Crippen LogP contribution in [-0.4, -0.2) is 30.3 Å². The molecule has 0 fully saturated rings. The quantitative estimate of drug-likeness (QED) is 0.723. The second kappa shape index (κ2) is 4.92. The molecular weight excluding hydrogens is 164 g/mol. The first kappa shape index (κ1) is 10.1. The van der Waals surface area contributed by atoms with E-state index in [0.717, 1.165) is 13.0 Å². The van der Waals surface area contributed by atoms with Gasteiger partial charge in [0.1, 0.15) is 0 Å². The molecule has 1 aromatic rings. The van der Waals surface area contributed by atoms with Crippen molar-refractivity contribution in [1.82, 2.24) is 4.98 Å². The topological polar surface area (TPSA) is 39.3 Å². The average Bonchev–Trinajstić information content (AvgIpc) is 2.66. The van der Waals surface area contributed by atoms with Crippen LogP contribution < -0.4 is 4.90 Å². The van der Waals surface area contributed by atoms with Crippen LogP contribution in [0.4, 0.5) is 5.69 Å². The van der Waals surface area contributed by atoms with Crippen molar-refractivity contribution in [2.45, 2.75) is 13.3 Å². The number of aromatic nitrogens is 1. The molecule has 0 aliphatic rings. The molecule has 3 nitrogen and oxygen atoms in total. The highest BCUT2D eigenvalue weighted by Gasteiger charge is 2.08. The summed E-state index contributed by atoms with van der Waals surface area (Å²) >= 11 is 0. The van der Waals surface area contributed by atoms with Gasteiger partial charge in [-0.15, -0.1) is 0 Å². The van der Waals surface area contributed by atoms with Gasteiger partial charge in [0.15, 0.2) is 0 Å². The molecule has 0 amide bonds. The second-order valence-corrected chi connectivity index (χ2v) is 3.41. The molecule has 0 aliphatic carbocycles. The molecule has 0 radical (unpaired) electrons. The highest BCUT2D eigenvalue weighted by atomic mass is 16.3. The SMILES string of the molecule is CCC(CO)CN(C)c1cc[nH]c1. The smallest absolute Gasteiger partial charge is 0.0541 e. The highest BCUT2D eigenvalue weighted by molar-refractivity contribution is 5.43. The third kappa shape index (κ3) is 2.77. The van der Waals surface area contributed by atoms with Crippen LogP contribution in [0.2, 0.25) is 0 Å². The second-order valence-electron chi connectivity index (χ2n) is 3.41. The molecule has 0 aliphatic heterocycles. The van der Waals surface area contributed by atoms with Gasteiger partial charge in [-0.2, -0.15) is 0 Å². The minimum Gasteiger partial charge on any atom is -0.396 e. The van der Waals surface area contributed by atoms with Crippen LogP contribution in [0.3, 0.4) is 0 Å². The summed E-state index contributed by atoms with van der Waals surface area (Å²) in [7, 11) is 2.04. The van der Waals surface area contributed by atoms with E-state index in [0.29, 0.717) is 5.92 Å². The van der Waals surface area contributed by atoms with E-state index in [1.54, 1.807) is 0 Å². The van der Waals surface area contributed by atoms with Crippen molar-refractivity contribution in [1.29, 1.82) is 0 Å².